The van der Waals surface area contributed by atoms with Crippen LogP contribution in [-0.4, -0.2) is 24.0 Å². The first-order valence-corrected chi connectivity index (χ1v) is 7.04. The summed E-state index contributed by atoms with van der Waals surface area (Å²) in [6.07, 6.45) is 4.79. The Kier molecular flexibility index (Phi) is 5.10. The molecular formula is C14H21F3N2O. The fourth-order valence-electron chi connectivity index (χ4n) is 2.62. The summed E-state index contributed by atoms with van der Waals surface area (Å²) in [5.41, 5.74) is 8.60. The van der Waals surface area contributed by atoms with Crippen molar-refractivity contribution >= 4 is 0 Å². The van der Waals surface area contributed by atoms with E-state index in [1.165, 1.54) is 11.1 Å². The first-order chi connectivity index (χ1) is 9.46. The van der Waals surface area contributed by atoms with E-state index in [-0.39, 0.29) is 12.6 Å². The minimum Gasteiger partial charge on any atom is -0.372 e. The van der Waals surface area contributed by atoms with Crippen LogP contribution in [0.3, 0.4) is 0 Å². The van der Waals surface area contributed by atoms with Crippen molar-refractivity contribution in [2.75, 3.05) is 13.2 Å². The van der Waals surface area contributed by atoms with Crippen molar-refractivity contribution in [1.29, 1.82) is 0 Å². The lowest BCUT2D eigenvalue weighted by molar-refractivity contribution is -0.174. The van der Waals surface area contributed by atoms with Crippen LogP contribution in [0.4, 0.5) is 13.2 Å². The molecule has 2 N–H and O–H groups in total. The highest BCUT2D eigenvalue weighted by molar-refractivity contribution is 5.28. The smallest absolute Gasteiger partial charge is 0.372 e. The molecule has 114 valence electrons. The summed E-state index contributed by atoms with van der Waals surface area (Å²) < 4.78 is 42.3. The van der Waals surface area contributed by atoms with Gasteiger partial charge in [-0.05, 0) is 36.8 Å². The second-order valence-electron chi connectivity index (χ2n) is 5.35. The molecule has 0 aliphatic heterocycles. The highest BCUT2D eigenvalue weighted by atomic mass is 19.4. The lowest BCUT2D eigenvalue weighted by atomic mass is 10.1. The molecule has 0 spiro atoms. The quantitative estimate of drug-likeness (QED) is 0.668. The van der Waals surface area contributed by atoms with Crippen LogP contribution >= 0.6 is 0 Å². The molecule has 0 saturated heterocycles. The number of nitrogens with two attached hydrogens (primary N) is 1. The van der Waals surface area contributed by atoms with Crippen molar-refractivity contribution in [3.05, 3.63) is 23.5 Å². The molecule has 1 unspecified atom stereocenters. The number of ether oxygens (including phenoxy) is 1. The van der Waals surface area contributed by atoms with Gasteiger partial charge in [0.05, 0.1) is 0 Å². The molecule has 1 aliphatic rings. The third kappa shape index (κ3) is 4.52. The van der Waals surface area contributed by atoms with Crippen LogP contribution in [0.1, 0.15) is 42.9 Å². The van der Waals surface area contributed by atoms with Gasteiger partial charge in [-0.3, -0.25) is 0 Å². The van der Waals surface area contributed by atoms with Crippen molar-refractivity contribution in [2.45, 2.75) is 50.9 Å². The SMILES string of the molecule is NC1CCCCc2cn(CCCOCC(F)(F)F)cc21. The summed E-state index contributed by atoms with van der Waals surface area (Å²) in [6, 6.07) is 0.0928. The van der Waals surface area contributed by atoms with Crippen LogP contribution in [0, 0.1) is 0 Å². The molecule has 1 aromatic heterocycles. The summed E-state index contributed by atoms with van der Waals surface area (Å²) in [7, 11) is 0. The maximum Gasteiger partial charge on any atom is 0.411 e. The molecule has 1 aliphatic carbocycles. The summed E-state index contributed by atoms with van der Waals surface area (Å²) in [6.45, 7) is -0.383. The molecule has 6 heteroatoms. The molecule has 0 saturated carbocycles. The van der Waals surface area contributed by atoms with Gasteiger partial charge in [0.1, 0.15) is 6.61 Å². The van der Waals surface area contributed by atoms with Gasteiger partial charge in [0.25, 0.3) is 0 Å². The number of hydrogen-bond donors (Lipinski definition) is 1. The summed E-state index contributed by atoms with van der Waals surface area (Å²) in [5.74, 6) is 0. The van der Waals surface area contributed by atoms with Gasteiger partial charge in [-0.1, -0.05) is 6.42 Å². The number of alkyl halides is 3. The van der Waals surface area contributed by atoms with E-state index in [0.29, 0.717) is 13.0 Å². The van der Waals surface area contributed by atoms with Gasteiger partial charge in [0.15, 0.2) is 0 Å². The van der Waals surface area contributed by atoms with E-state index in [0.717, 1.165) is 25.7 Å². The van der Waals surface area contributed by atoms with Crippen LogP contribution in [0.5, 0.6) is 0 Å². The van der Waals surface area contributed by atoms with Crippen LogP contribution in [0.2, 0.25) is 0 Å². The number of hydrogen-bond acceptors (Lipinski definition) is 2. The number of fused-ring (bicyclic) bond motifs is 1. The molecule has 1 heterocycles. The Balaban J connectivity index is 1.78. The maximum absolute atomic E-state index is 11.9. The Labute approximate surface area is 116 Å². The average Bonchev–Trinajstić information content (AvgIpc) is 2.68. The Hall–Kier alpha value is -1.01. The van der Waals surface area contributed by atoms with Crippen molar-refractivity contribution in [3.63, 3.8) is 0 Å². The molecule has 1 atom stereocenters. The number of halogens is 3. The fraction of sp³-hybridized carbons (Fsp3) is 0.714. The van der Waals surface area contributed by atoms with Crippen molar-refractivity contribution in [1.82, 2.24) is 4.57 Å². The Morgan fingerprint density at radius 1 is 1.30 bits per heavy atom. The van der Waals surface area contributed by atoms with Gasteiger partial charge in [-0.2, -0.15) is 13.2 Å². The number of aromatic nitrogens is 1. The Morgan fingerprint density at radius 3 is 2.85 bits per heavy atom. The third-order valence-electron chi connectivity index (χ3n) is 3.58. The van der Waals surface area contributed by atoms with Gasteiger partial charge in [0, 0.05) is 31.6 Å². The van der Waals surface area contributed by atoms with Crippen molar-refractivity contribution in [2.24, 2.45) is 5.73 Å². The van der Waals surface area contributed by atoms with E-state index in [4.69, 9.17) is 5.73 Å². The van der Waals surface area contributed by atoms with Crippen LogP contribution in [0.25, 0.3) is 0 Å². The second-order valence-corrected chi connectivity index (χ2v) is 5.35. The number of nitrogens with zero attached hydrogens (tertiary/aromatic N) is 1. The van der Waals surface area contributed by atoms with Crippen LogP contribution in [0.15, 0.2) is 12.4 Å². The minimum atomic E-state index is -4.24. The van der Waals surface area contributed by atoms with Gasteiger partial charge >= 0.3 is 6.18 Å². The monoisotopic (exact) mass is 290 g/mol. The molecule has 0 bridgehead atoms. The highest BCUT2D eigenvalue weighted by Gasteiger charge is 2.27. The largest absolute Gasteiger partial charge is 0.411 e. The highest BCUT2D eigenvalue weighted by Crippen LogP contribution is 2.27. The summed E-state index contributed by atoms with van der Waals surface area (Å²) >= 11 is 0. The summed E-state index contributed by atoms with van der Waals surface area (Å²) in [4.78, 5) is 0. The molecular weight excluding hydrogens is 269 g/mol. The molecule has 0 fully saturated rings. The van der Waals surface area contributed by atoms with E-state index in [9.17, 15) is 13.2 Å². The molecule has 1 aromatic rings. The zero-order valence-electron chi connectivity index (χ0n) is 11.5. The zero-order chi connectivity index (χ0) is 14.6. The van der Waals surface area contributed by atoms with E-state index in [1.54, 1.807) is 0 Å². The van der Waals surface area contributed by atoms with E-state index in [2.05, 4.69) is 10.9 Å². The normalized spacial score (nSPS) is 19.7. The maximum atomic E-state index is 11.9. The van der Waals surface area contributed by atoms with Gasteiger partial charge in [0.2, 0.25) is 0 Å². The van der Waals surface area contributed by atoms with Gasteiger partial charge in [-0.15, -0.1) is 0 Å². The van der Waals surface area contributed by atoms with E-state index < -0.39 is 12.8 Å². The van der Waals surface area contributed by atoms with Gasteiger partial charge in [-0.25, -0.2) is 0 Å². The van der Waals surface area contributed by atoms with Crippen LogP contribution in [-0.2, 0) is 17.7 Å². The third-order valence-corrected chi connectivity index (χ3v) is 3.58. The van der Waals surface area contributed by atoms with Crippen LogP contribution < -0.4 is 5.73 Å². The van der Waals surface area contributed by atoms with Crippen molar-refractivity contribution < 1.29 is 17.9 Å². The molecule has 0 amide bonds. The predicted octanol–water partition coefficient (Wildman–Crippen LogP) is 3.18. The molecule has 2 rings (SSSR count). The standard InChI is InChI=1S/C14H21F3N2O/c15-14(16,17)10-20-7-3-6-19-8-11-4-1-2-5-13(18)12(11)9-19/h8-9,13H,1-7,10,18H2. The predicted molar refractivity (Wildman–Crippen MR) is 70.4 cm³/mol. The van der Waals surface area contributed by atoms with E-state index >= 15 is 0 Å². The minimum absolute atomic E-state index is 0.0928. The number of rotatable bonds is 5. The Bertz CT molecular complexity index is 429. The lowest BCUT2D eigenvalue weighted by Crippen LogP contribution is -2.17. The fourth-order valence-corrected chi connectivity index (χ4v) is 2.62. The first-order valence-electron chi connectivity index (χ1n) is 7.04. The summed E-state index contributed by atoms with van der Waals surface area (Å²) in [5, 5.41) is 0. The topological polar surface area (TPSA) is 40.2 Å². The molecule has 20 heavy (non-hydrogen) atoms. The molecule has 0 aromatic carbocycles. The second kappa shape index (κ2) is 6.63. The van der Waals surface area contributed by atoms with Gasteiger partial charge < -0.3 is 15.0 Å². The van der Waals surface area contributed by atoms with Crippen molar-refractivity contribution in [3.8, 4) is 0 Å². The average molecular weight is 290 g/mol. The zero-order valence-corrected chi connectivity index (χ0v) is 11.5. The van der Waals surface area contributed by atoms with E-state index in [1.807, 2.05) is 10.8 Å². The first kappa shape index (κ1) is 15.4. The number of aryl methyl sites for hydroxylation is 2. The molecule has 3 nitrogen and oxygen atoms in total. The molecule has 0 radical (unpaired) electrons. The Morgan fingerprint density at radius 2 is 2.10 bits per heavy atom. The lowest BCUT2D eigenvalue weighted by Gasteiger charge is -2.08.